The number of carbonyl (C=O) groups is 2. The van der Waals surface area contributed by atoms with E-state index in [9.17, 15) is 31.2 Å². The van der Waals surface area contributed by atoms with E-state index in [1.165, 1.54) is 47.1 Å². The van der Waals surface area contributed by atoms with Crippen LogP contribution in [0, 0.1) is 0 Å². The van der Waals surface area contributed by atoms with Crippen molar-refractivity contribution in [3.8, 4) is 11.6 Å². The maximum Gasteiger partial charge on any atom is 0.418 e. The molecule has 0 aliphatic carbocycles. The third-order valence-corrected chi connectivity index (χ3v) is 7.90. The summed E-state index contributed by atoms with van der Waals surface area (Å²) in [5.74, 6) is 0.0631. The molecule has 0 unspecified atom stereocenters. The highest BCUT2D eigenvalue weighted by Crippen LogP contribution is 2.39. The molecule has 1 fully saturated rings. The zero-order valence-corrected chi connectivity index (χ0v) is 22.3. The van der Waals surface area contributed by atoms with Gasteiger partial charge in [0.05, 0.1) is 22.6 Å². The summed E-state index contributed by atoms with van der Waals surface area (Å²) in [7, 11) is -3.27. The van der Waals surface area contributed by atoms with Crippen molar-refractivity contribution in [3.05, 3.63) is 66.6 Å². The first kappa shape index (κ1) is 27.9. The summed E-state index contributed by atoms with van der Waals surface area (Å²) in [5, 5.41) is 5.63. The smallest absolute Gasteiger partial charge is 0.418 e. The summed E-state index contributed by atoms with van der Waals surface area (Å²) < 4.78 is 72.2. The van der Waals surface area contributed by atoms with E-state index in [1.807, 2.05) is 0 Å². The summed E-state index contributed by atoms with van der Waals surface area (Å²) in [6.07, 6.45) is -2.03. The van der Waals surface area contributed by atoms with Gasteiger partial charge in [-0.1, -0.05) is 0 Å². The molecule has 0 atom stereocenters. The normalized spacial score (nSPS) is 15.0. The van der Waals surface area contributed by atoms with Gasteiger partial charge in [-0.3, -0.25) is 9.36 Å². The van der Waals surface area contributed by atoms with Gasteiger partial charge in [0.1, 0.15) is 17.9 Å². The summed E-state index contributed by atoms with van der Waals surface area (Å²) in [6, 6.07) is 10.7. The fraction of sp³-hybridized carbons (Fsp3) is 0.231. The number of hydrogen-bond acceptors (Lipinski definition) is 8. The Morgan fingerprint density at radius 1 is 0.976 bits per heavy atom. The predicted octanol–water partition coefficient (Wildman–Crippen LogP) is 4.52. The molecule has 41 heavy (non-hydrogen) atoms. The Labute approximate surface area is 231 Å². The maximum atomic E-state index is 13.9. The summed E-state index contributed by atoms with van der Waals surface area (Å²) in [4.78, 5) is 33.6. The molecule has 1 saturated heterocycles. The van der Waals surface area contributed by atoms with E-state index in [1.54, 1.807) is 24.3 Å². The van der Waals surface area contributed by atoms with E-state index < -0.39 is 27.6 Å². The van der Waals surface area contributed by atoms with Crippen LogP contribution in [0.2, 0.25) is 0 Å². The van der Waals surface area contributed by atoms with Crippen LogP contribution in [0.1, 0.15) is 12.5 Å². The molecule has 4 aromatic rings. The van der Waals surface area contributed by atoms with E-state index in [4.69, 9.17) is 4.74 Å². The number of aromatic nitrogens is 3. The Morgan fingerprint density at radius 3 is 2.44 bits per heavy atom. The van der Waals surface area contributed by atoms with Gasteiger partial charge < -0.3 is 20.3 Å². The first-order valence-electron chi connectivity index (χ1n) is 12.2. The number of nitrogens with one attached hydrogen (secondary N) is 2. The molecular formula is C26H23F3N6O5S. The fourth-order valence-corrected chi connectivity index (χ4v) is 5.58. The molecule has 15 heteroatoms. The monoisotopic (exact) mass is 588 g/mol. The molecule has 214 valence electrons. The third-order valence-electron chi connectivity index (χ3n) is 6.29. The van der Waals surface area contributed by atoms with Gasteiger partial charge in [-0.2, -0.15) is 13.2 Å². The van der Waals surface area contributed by atoms with Gasteiger partial charge in [0.25, 0.3) is 0 Å². The number of alkyl halides is 3. The summed E-state index contributed by atoms with van der Waals surface area (Å²) in [6.45, 7) is 1.24. The highest BCUT2D eigenvalue weighted by Gasteiger charge is 2.36. The van der Waals surface area contributed by atoms with Crippen LogP contribution in [0.5, 0.6) is 11.6 Å². The van der Waals surface area contributed by atoms with Crippen LogP contribution in [0.15, 0.2) is 61.1 Å². The molecule has 2 amide bonds. The molecule has 2 aromatic heterocycles. The van der Waals surface area contributed by atoms with Crippen LogP contribution in [0.3, 0.4) is 0 Å². The van der Waals surface area contributed by atoms with Gasteiger partial charge >= 0.3 is 12.2 Å². The van der Waals surface area contributed by atoms with Crippen molar-refractivity contribution < 1.29 is 35.9 Å². The lowest BCUT2D eigenvalue weighted by Crippen LogP contribution is -2.41. The summed E-state index contributed by atoms with van der Waals surface area (Å²) >= 11 is 0. The van der Waals surface area contributed by atoms with Crippen LogP contribution in [0.25, 0.3) is 10.9 Å². The highest BCUT2D eigenvalue weighted by molar-refractivity contribution is 7.91. The second kappa shape index (κ2) is 10.7. The van der Waals surface area contributed by atoms with Crippen molar-refractivity contribution in [3.63, 3.8) is 0 Å². The van der Waals surface area contributed by atoms with E-state index in [0.717, 1.165) is 6.07 Å². The quantitative estimate of drug-likeness (QED) is 0.348. The van der Waals surface area contributed by atoms with Crippen molar-refractivity contribution in [1.82, 2.24) is 14.5 Å². The number of hydrogen-bond donors (Lipinski definition) is 2. The van der Waals surface area contributed by atoms with E-state index in [2.05, 4.69) is 20.6 Å². The predicted molar refractivity (Wildman–Crippen MR) is 145 cm³/mol. The molecule has 1 aliphatic rings. The highest BCUT2D eigenvalue weighted by atomic mass is 32.2. The van der Waals surface area contributed by atoms with Crippen LogP contribution >= 0.6 is 0 Å². The number of nitrogens with zero attached hydrogens (tertiary/aromatic N) is 4. The van der Waals surface area contributed by atoms with E-state index in [0.29, 0.717) is 16.7 Å². The number of rotatable bonds is 5. The molecule has 1 aliphatic heterocycles. The number of fused-ring (bicyclic) bond motifs is 1. The third kappa shape index (κ3) is 6.40. The van der Waals surface area contributed by atoms with Crippen molar-refractivity contribution in [2.75, 3.05) is 40.1 Å². The topological polar surface area (TPSA) is 136 Å². The lowest BCUT2D eigenvalue weighted by atomic mass is 10.1. The molecule has 3 heterocycles. The molecule has 0 radical (unpaired) electrons. The molecule has 5 rings (SSSR count). The average Bonchev–Trinajstić information content (AvgIpc) is 3.32. The number of halogens is 3. The SMILES string of the molecule is CC(=O)Nc1cc(Oc2ccc3c(ccn3C(=O)Nc3ccc(N4CCS(=O)(=O)CC4)c(C(F)(F)F)c3)c2)ncn1. The molecule has 0 bridgehead atoms. The maximum absolute atomic E-state index is 13.9. The molecule has 0 saturated carbocycles. The van der Waals surface area contributed by atoms with Crippen molar-refractivity contribution >= 4 is 49.9 Å². The van der Waals surface area contributed by atoms with E-state index >= 15 is 0 Å². The van der Waals surface area contributed by atoms with E-state index in [-0.39, 0.29) is 53.6 Å². The van der Waals surface area contributed by atoms with Crippen LogP contribution < -0.4 is 20.3 Å². The van der Waals surface area contributed by atoms with Crippen molar-refractivity contribution in [2.24, 2.45) is 0 Å². The Bertz CT molecular complexity index is 1740. The Morgan fingerprint density at radius 2 is 1.73 bits per heavy atom. The summed E-state index contributed by atoms with van der Waals surface area (Å²) in [5.41, 5.74) is -0.715. The largest absolute Gasteiger partial charge is 0.439 e. The van der Waals surface area contributed by atoms with Crippen LogP contribution in [0.4, 0.5) is 35.2 Å². The van der Waals surface area contributed by atoms with Crippen LogP contribution in [-0.4, -0.2) is 59.5 Å². The van der Waals surface area contributed by atoms with Gasteiger partial charge in [0.2, 0.25) is 11.8 Å². The number of ether oxygens (including phenoxy) is 1. The molecule has 0 spiro atoms. The molecule has 2 N–H and O–H groups in total. The number of benzene rings is 2. The second-order valence-electron chi connectivity index (χ2n) is 9.23. The Hall–Kier alpha value is -4.66. The lowest BCUT2D eigenvalue weighted by molar-refractivity contribution is -0.137. The number of carbonyl (C=O) groups excluding carboxylic acids is 2. The Kier molecular flexibility index (Phi) is 7.29. The van der Waals surface area contributed by atoms with Gasteiger partial charge in [0, 0.05) is 49.0 Å². The number of amides is 2. The first-order chi connectivity index (χ1) is 19.4. The van der Waals surface area contributed by atoms with Gasteiger partial charge in [-0.05, 0) is 42.5 Å². The molecule has 11 nitrogen and oxygen atoms in total. The fourth-order valence-electron chi connectivity index (χ4n) is 4.38. The minimum absolute atomic E-state index is 0.0497. The minimum Gasteiger partial charge on any atom is -0.439 e. The standard InChI is InChI=1S/C26H23F3N6O5S/c1-16(36)32-23-14-24(31-15-30-23)40-19-3-5-21-17(12-19)6-7-35(21)25(37)33-18-2-4-22(20(13-18)26(27,28)29)34-8-10-41(38,39)11-9-34/h2-7,12-15H,8-11H2,1H3,(H,33,37)(H,30,31,32,36). The average molecular weight is 589 g/mol. The molecular weight excluding hydrogens is 565 g/mol. The number of sulfone groups is 1. The Balaban J connectivity index is 1.34. The van der Waals surface area contributed by atoms with Crippen LogP contribution in [-0.2, 0) is 20.8 Å². The second-order valence-corrected chi connectivity index (χ2v) is 11.5. The van der Waals surface area contributed by atoms with Crippen molar-refractivity contribution in [1.29, 1.82) is 0 Å². The van der Waals surface area contributed by atoms with Gasteiger partial charge in [0.15, 0.2) is 9.84 Å². The first-order valence-corrected chi connectivity index (χ1v) is 14.1. The lowest BCUT2D eigenvalue weighted by Gasteiger charge is -2.31. The van der Waals surface area contributed by atoms with Gasteiger partial charge in [-0.15, -0.1) is 0 Å². The zero-order valence-electron chi connectivity index (χ0n) is 21.5. The van der Waals surface area contributed by atoms with Gasteiger partial charge in [-0.25, -0.2) is 23.2 Å². The minimum atomic E-state index is -4.73. The number of anilines is 3. The zero-order chi connectivity index (χ0) is 29.4. The van der Waals surface area contributed by atoms with Crippen molar-refractivity contribution in [2.45, 2.75) is 13.1 Å². The molecule has 2 aromatic carbocycles.